The van der Waals surface area contributed by atoms with Crippen LogP contribution >= 0.6 is 0 Å². The summed E-state index contributed by atoms with van der Waals surface area (Å²) in [6.07, 6.45) is 2.39. The number of aliphatic hydroxyl groups excluding tert-OH is 2. The van der Waals surface area contributed by atoms with Gasteiger partial charge in [-0.05, 0) is 42.5 Å². The van der Waals surface area contributed by atoms with E-state index in [9.17, 15) is 5.11 Å². The molecular weight excluding hydrogens is 230 g/mol. The number of methoxy groups -OCH3 is 1. The first-order valence-electron chi connectivity index (χ1n) is 6.41. The van der Waals surface area contributed by atoms with E-state index in [0.717, 1.165) is 25.0 Å². The molecule has 2 atom stereocenters. The lowest BCUT2D eigenvalue weighted by molar-refractivity contribution is 0.0913. The SMILES string of the molecule is COc1ccc2c(c1)CC(NCC(O)CO)CC2. The van der Waals surface area contributed by atoms with Crippen LogP contribution in [0.25, 0.3) is 0 Å². The van der Waals surface area contributed by atoms with Crippen LogP contribution in [0.3, 0.4) is 0 Å². The molecule has 0 aromatic heterocycles. The van der Waals surface area contributed by atoms with Crippen molar-refractivity contribution in [3.8, 4) is 5.75 Å². The van der Waals surface area contributed by atoms with Crippen LogP contribution in [0.1, 0.15) is 17.5 Å². The van der Waals surface area contributed by atoms with Gasteiger partial charge in [-0.3, -0.25) is 0 Å². The van der Waals surface area contributed by atoms with Gasteiger partial charge in [-0.1, -0.05) is 6.07 Å². The van der Waals surface area contributed by atoms with Gasteiger partial charge in [-0.25, -0.2) is 0 Å². The highest BCUT2D eigenvalue weighted by Gasteiger charge is 2.19. The van der Waals surface area contributed by atoms with E-state index in [1.807, 2.05) is 6.07 Å². The second-order valence-corrected chi connectivity index (χ2v) is 4.82. The molecular formula is C14H21NO3. The van der Waals surface area contributed by atoms with Gasteiger partial charge in [0, 0.05) is 12.6 Å². The van der Waals surface area contributed by atoms with Crippen LogP contribution in [0.5, 0.6) is 5.75 Å². The van der Waals surface area contributed by atoms with Crippen LogP contribution in [0.4, 0.5) is 0 Å². The molecule has 0 amide bonds. The summed E-state index contributed by atoms with van der Waals surface area (Å²) in [6.45, 7) is 0.255. The molecule has 0 saturated heterocycles. The second kappa shape index (κ2) is 6.18. The zero-order valence-corrected chi connectivity index (χ0v) is 10.7. The standard InChI is InChI=1S/C14H21NO3/c1-18-14-5-3-10-2-4-12(6-11(10)7-14)15-8-13(17)9-16/h3,5,7,12-13,15-17H,2,4,6,8-9H2,1H3. The van der Waals surface area contributed by atoms with Gasteiger partial charge in [-0.15, -0.1) is 0 Å². The van der Waals surface area contributed by atoms with Crippen molar-refractivity contribution < 1.29 is 14.9 Å². The molecule has 0 heterocycles. The van der Waals surface area contributed by atoms with Gasteiger partial charge in [0.25, 0.3) is 0 Å². The van der Waals surface area contributed by atoms with Crippen LogP contribution in [0.2, 0.25) is 0 Å². The average Bonchev–Trinajstić information content (AvgIpc) is 2.43. The predicted molar refractivity (Wildman–Crippen MR) is 69.9 cm³/mol. The Hall–Kier alpha value is -1.10. The van der Waals surface area contributed by atoms with E-state index in [1.54, 1.807) is 7.11 Å². The molecule has 2 unspecified atom stereocenters. The Morgan fingerprint density at radius 2 is 2.28 bits per heavy atom. The van der Waals surface area contributed by atoms with Gasteiger partial charge in [0.05, 0.1) is 19.8 Å². The summed E-state index contributed by atoms with van der Waals surface area (Å²) in [7, 11) is 1.68. The Balaban J connectivity index is 1.96. The highest BCUT2D eigenvalue weighted by molar-refractivity contribution is 5.37. The van der Waals surface area contributed by atoms with Crippen molar-refractivity contribution >= 4 is 0 Å². The largest absolute Gasteiger partial charge is 0.497 e. The fraction of sp³-hybridized carbons (Fsp3) is 0.571. The molecule has 0 aliphatic heterocycles. The number of nitrogens with one attached hydrogen (secondary N) is 1. The Kier molecular flexibility index (Phi) is 4.58. The minimum atomic E-state index is -0.670. The Morgan fingerprint density at radius 3 is 3.00 bits per heavy atom. The summed E-state index contributed by atoms with van der Waals surface area (Å²) in [4.78, 5) is 0. The fourth-order valence-corrected chi connectivity index (χ4v) is 2.40. The van der Waals surface area contributed by atoms with Gasteiger partial charge in [0.1, 0.15) is 5.75 Å². The van der Waals surface area contributed by atoms with Crippen LogP contribution in [0.15, 0.2) is 18.2 Å². The number of aliphatic hydroxyl groups is 2. The van der Waals surface area contributed by atoms with E-state index in [1.165, 1.54) is 11.1 Å². The van der Waals surface area contributed by atoms with Gasteiger partial charge >= 0.3 is 0 Å². The predicted octanol–water partition coefficient (Wildman–Crippen LogP) is 0.495. The summed E-state index contributed by atoms with van der Waals surface area (Å²) in [5, 5.41) is 21.4. The molecule has 1 aromatic carbocycles. The van der Waals surface area contributed by atoms with Crippen LogP contribution in [-0.2, 0) is 12.8 Å². The lowest BCUT2D eigenvalue weighted by atomic mass is 9.88. The molecule has 1 aromatic rings. The molecule has 4 heteroatoms. The number of benzene rings is 1. The van der Waals surface area contributed by atoms with E-state index in [4.69, 9.17) is 9.84 Å². The molecule has 100 valence electrons. The molecule has 0 fully saturated rings. The van der Waals surface area contributed by atoms with Crippen LogP contribution in [-0.4, -0.2) is 42.6 Å². The lowest BCUT2D eigenvalue weighted by Gasteiger charge is -2.26. The summed E-state index contributed by atoms with van der Waals surface area (Å²) in [5.41, 5.74) is 2.70. The third kappa shape index (κ3) is 3.22. The number of rotatable bonds is 5. The zero-order chi connectivity index (χ0) is 13.0. The quantitative estimate of drug-likeness (QED) is 0.713. The molecule has 1 aliphatic carbocycles. The van der Waals surface area contributed by atoms with E-state index < -0.39 is 6.10 Å². The maximum Gasteiger partial charge on any atom is 0.119 e. The molecule has 0 bridgehead atoms. The van der Waals surface area contributed by atoms with Crippen molar-refractivity contribution in [2.24, 2.45) is 0 Å². The number of fused-ring (bicyclic) bond motifs is 1. The zero-order valence-electron chi connectivity index (χ0n) is 10.7. The molecule has 0 spiro atoms. The lowest BCUT2D eigenvalue weighted by Crippen LogP contribution is -2.40. The molecule has 2 rings (SSSR count). The van der Waals surface area contributed by atoms with Gasteiger partial charge in [-0.2, -0.15) is 0 Å². The van der Waals surface area contributed by atoms with Crippen molar-refractivity contribution in [2.45, 2.75) is 31.4 Å². The van der Waals surface area contributed by atoms with Gasteiger partial charge in [0.15, 0.2) is 0 Å². The van der Waals surface area contributed by atoms with Crippen molar-refractivity contribution in [1.82, 2.24) is 5.32 Å². The normalized spacial score (nSPS) is 20.3. The summed E-state index contributed by atoms with van der Waals surface area (Å²) in [6, 6.07) is 6.59. The summed E-state index contributed by atoms with van der Waals surface area (Å²) < 4.78 is 5.24. The van der Waals surface area contributed by atoms with Gasteiger partial charge in [0.2, 0.25) is 0 Å². The average molecular weight is 251 g/mol. The number of aryl methyl sites for hydroxylation is 1. The first-order chi connectivity index (χ1) is 8.72. The summed E-state index contributed by atoms with van der Waals surface area (Å²) >= 11 is 0. The number of ether oxygens (including phenoxy) is 1. The third-order valence-electron chi connectivity index (χ3n) is 3.49. The maximum absolute atomic E-state index is 9.33. The molecule has 4 nitrogen and oxygen atoms in total. The first-order valence-corrected chi connectivity index (χ1v) is 6.41. The molecule has 18 heavy (non-hydrogen) atoms. The van der Waals surface area contributed by atoms with E-state index in [0.29, 0.717) is 12.6 Å². The third-order valence-corrected chi connectivity index (χ3v) is 3.49. The number of hydrogen-bond donors (Lipinski definition) is 3. The van der Waals surface area contributed by atoms with E-state index >= 15 is 0 Å². The monoisotopic (exact) mass is 251 g/mol. The number of hydrogen-bond acceptors (Lipinski definition) is 4. The topological polar surface area (TPSA) is 61.7 Å². The van der Waals surface area contributed by atoms with Gasteiger partial charge < -0.3 is 20.3 Å². The van der Waals surface area contributed by atoms with E-state index in [-0.39, 0.29) is 6.61 Å². The minimum absolute atomic E-state index is 0.190. The molecule has 0 saturated carbocycles. The fourth-order valence-electron chi connectivity index (χ4n) is 2.40. The highest BCUT2D eigenvalue weighted by atomic mass is 16.5. The highest BCUT2D eigenvalue weighted by Crippen LogP contribution is 2.25. The first kappa shape index (κ1) is 13.3. The Bertz CT molecular complexity index is 395. The maximum atomic E-state index is 9.33. The van der Waals surface area contributed by atoms with Crippen LogP contribution < -0.4 is 10.1 Å². The van der Waals surface area contributed by atoms with Crippen molar-refractivity contribution in [3.63, 3.8) is 0 Å². The molecule has 3 N–H and O–H groups in total. The summed E-state index contributed by atoms with van der Waals surface area (Å²) in [5.74, 6) is 0.893. The Labute approximate surface area is 108 Å². The van der Waals surface area contributed by atoms with Crippen molar-refractivity contribution in [2.75, 3.05) is 20.3 Å². The molecule has 0 radical (unpaired) electrons. The minimum Gasteiger partial charge on any atom is -0.497 e. The second-order valence-electron chi connectivity index (χ2n) is 4.82. The van der Waals surface area contributed by atoms with Crippen LogP contribution in [0, 0.1) is 0 Å². The smallest absolute Gasteiger partial charge is 0.119 e. The Morgan fingerprint density at radius 1 is 1.44 bits per heavy atom. The van der Waals surface area contributed by atoms with E-state index in [2.05, 4.69) is 17.4 Å². The molecule has 1 aliphatic rings. The van der Waals surface area contributed by atoms with Crippen molar-refractivity contribution in [1.29, 1.82) is 0 Å². The van der Waals surface area contributed by atoms with Crippen molar-refractivity contribution in [3.05, 3.63) is 29.3 Å².